The molecule has 0 saturated heterocycles. The molecule has 0 spiro atoms. The highest BCUT2D eigenvalue weighted by atomic mass is 35.5. The highest BCUT2D eigenvalue weighted by Gasteiger charge is 2.16. The summed E-state index contributed by atoms with van der Waals surface area (Å²) >= 11 is 5.97. The van der Waals surface area contributed by atoms with E-state index in [1.807, 2.05) is 0 Å². The molecule has 2 rings (SSSR count). The first-order chi connectivity index (χ1) is 10.1. The van der Waals surface area contributed by atoms with Crippen molar-refractivity contribution in [3.8, 4) is 11.5 Å². The van der Waals surface area contributed by atoms with E-state index in [1.54, 1.807) is 24.3 Å². The topological polar surface area (TPSA) is 38.7 Å². The van der Waals surface area contributed by atoms with E-state index in [4.69, 9.17) is 21.1 Å². The van der Waals surface area contributed by atoms with Crippen molar-refractivity contribution in [2.24, 2.45) is 0 Å². The van der Waals surface area contributed by atoms with Gasteiger partial charge in [-0.2, -0.15) is 0 Å². The van der Waals surface area contributed by atoms with Crippen LogP contribution in [0, 0.1) is 5.82 Å². The molecule has 0 bridgehead atoms. The lowest BCUT2D eigenvalue weighted by Crippen LogP contribution is -2.05. The summed E-state index contributed by atoms with van der Waals surface area (Å²) < 4.78 is 24.1. The van der Waals surface area contributed by atoms with Gasteiger partial charge in [-0.15, -0.1) is 0 Å². The molecule has 1 unspecified atom stereocenters. The Morgan fingerprint density at radius 3 is 2.48 bits per heavy atom. The van der Waals surface area contributed by atoms with Crippen LogP contribution in [0.3, 0.4) is 0 Å². The lowest BCUT2D eigenvalue weighted by Gasteiger charge is -2.15. The Balaban J connectivity index is 2.26. The molecule has 0 aliphatic heterocycles. The number of aliphatic hydroxyl groups is 1. The van der Waals surface area contributed by atoms with Gasteiger partial charge in [0.25, 0.3) is 0 Å². The largest absolute Gasteiger partial charge is 0.493 e. The molecular weight excluding hydrogens is 295 g/mol. The van der Waals surface area contributed by atoms with E-state index in [1.165, 1.54) is 26.4 Å². The summed E-state index contributed by atoms with van der Waals surface area (Å²) in [4.78, 5) is 0. The molecule has 5 heteroatoms. The molecule has 1 atom stereocenters. The monoisotopic (exact) mass is 310 g/mol. The number of hydrogen-bond acceptors (Lipinski definition) is 3. The number of ether oxygens (including phenoxy) is 2. The van der Waals surface area contributed by atoms with E-state index < -0.39 is 11.9 Å². The van der Waals surface area contributed by atoms with Gasteiger partial charge in [0.15, 0.2) is 11.5 Å². The molecule has 0 aliphatic carbocycles. The van der Waals surface area contributed by atoms with E-state index in [0.29, 0.717) is 27.6 Å². The van der Waals surface area contributed by atoms with Crippen molar-refractivity contribution in [1.29, 1.82) is 0 Å². The second-order valence-electron chi connectivity index (χ2n) is 4.53. The molecule has 2 aromatic carbocycles. The molecule has 0 radical (unpaired) electrons. The first kappa shape index (κ1) is 15.6. The predicted molar refractivity (Wildman–Crippen MR) is 79.6 cm³/mol. The van der Waals surface area contributed by atoms with Crippen molar-refractivity contribution in [2.45, 2.75) is 12.5 Å². The summed E-state index contributed by atoms with van der Waals surface area (Å²) in [7, 11) is 3.05. The van der Waals surface area contributed by atoms with Crippen molar-refractivity contribution in [3.05, 3.63) is 58.4 Å². The lowest BCUT2D eigenvalue weighted by atomic mass is 10.0. The smallest absolute Gasteiger partial charge is 0.161 e. The SMILES string of the molecule is COc1ccc(C(O)Cc2c(F)cccc2Cl)cc1OC. The summed E-state index contributed by atoms with van der Waals surface area (Å²) in [5, 5.41) is 10.6. The van der Waals surface area contributed by atoms with Gasteiger partial charge in [0, 0.05) is 17.0 Å². The third-order valence-corrected chi connectivity index (χ3v) is 3.61. The molecule has 0 amide bonds. The maximum absolute atomic E-state index is 13.8. The number of halogens is 2. The molecule has 3 nitrogen and oxygen atoms in total. The van der Waals surface area contributed by atoms with Crippen LogP contribution in [-0.2, 0) is 6.42 Å². The quantitative estimate of drug-likeness (QED) is 0.913. The molecule has 21 heavy (non-hydrogen) atoms. The number of methoxy groups -OCH3 is 2. The van der Waals surface area contributed by atoms with Crippen LogP contribution in [0.15, 0.2) is 36.4 Å². The van der Waals surface area contributed by atoms with Gasteiger partial charge >= 0.3 is 0 Å². The molecular formula is C16H16ClFO3. The standard InChI is InChI=1S/C16H16ClFO3/c1-20-15-7-6-10(8-16(15)21-2)14(19)9-11-12(17)4-3-5-13(11)18/h3-8,14,19H,9H2,1-2H3. The molecule has 0 heterocycles. The molecule has 0 aliphatic rings. The average Bonchev–Trinajstić information content (AvgIpc) is 2.50. The Labute approximate surface area is 127 Å². The highest BCUT2D eigenvalue weighted by molar-refractivity contribution is 6.31. The van der Waals surface area contributed by atoms with Gasteiger partial charge in [-0.25, -0.2) is 4.39 Å². The Kier molecular flexibility index (Phi) is 5.04. The van der Waals surface area contributed by atoms with Crippen LogP contribution in [0.4, 0.5) is 4.39 Å². The van der Waals surface area contributed by atoms with Crippen LogP contribution >= 0.6 is 11.6 Å². The Hall–Kier alpha value is -1.78. The molecule has 2 aromatic rings. The fraction of sp³-hybridized carbons (Fsp3) is 0.250. The van der Waals surface area contributed by atoms with Gasteiger partial charge in [-0.1, -0.05) is 23.7 Å². The lowest BCUT2D eigenvalue weighted by molar-refractivity contribution is 0.176. The average molecular weight is 311 g/mol. The zero-order valence-corrected chi connectivity index (χ0v) is 12.5. The zero-order valence-electron chi connectivity index (χ0n) is 11.8. The van der Waals surface area contributed by atoms with Gasteiger partial charge in [-0.3, -0.25) is 0 Å². The van der Waals surface area contributed by atoms with Gasteiger partial charge in [0.05, 0.1) is 20.3 Å². The van der Waals surface area contributed by atoms with Crippen molar-refractivity contribution in [2.75, 3.05) is 14.2 Å². The van der Waals surface area contributed by atoms with Gasteiger partial charge < -0.3 is 14.6 Å². The van der Waals surface area contributed by atoms with E-state index in [9.17, 15) is 9.50 Å². The first-order valence-electron chi connectivity index (χ1n) is 6.39. The fourth-order valence-corrected chi connectivity index (χ4v) is 2.34. The van der Waals surface area contributed by atoms with E-state index in [-0.39, 0.29) is 6.42 Å². The third-order valence-electron chi connectivity index (χ3n) is 3.25. The minimum absolute atomic E-state index is 0.0843. The maximum atomic E-state index is 13.8. The molecule has 112 valence electrons. The molecule has 0 fully saturated rings. The summed E-state index contributed by atoms with van der Waals surface area (Å²) in [6.07, 6.45) is -0.805. The van der Waals surface area contributed by atoms with Crippen molar-refractivity contribution < 1.29 is 19.0 Å². The minimum Gasteiger partial charge on any atom is -0.493 e. The fourth-order valence-electron chi connectivity index (χ4n) is 2.10. The van der Waals surface area contributed by atoms with Crippen molar-refractivity contribution in [3.63, 3.8) is 0 Å². The van der Waals surface area contributed by atoms with Crippen molar-refractivity contribution in [1.82, 2.24) is 0 Å². The minimum atomic E-state index is -0.890. The second-order valence-corrected chi connectivity index (χ2v) is 4.94. The number of hydrogen-bond donors (Lipinski definition) is 1. The number of benzene rings is 2. The summed E-state index contributed by atoms with van der Waals surface area (Å²) in [6.45, 7) is 0. The van der Waals surface area contributed by atoms with Crippen molar-refractivity contribution >= 4 is 11.6 Å². The molecule has 0 saturated carbocycles. The second kappa shape index (κ2) is 6.78. The summed E-state index contributed by atoms with van der Waals surface area (Å²) in [5.41, 5.74) is 0.897. The zero-order chi connectivity index (χ0) is 15.4. The van der Waals surface area contributed by atoms with Crippen LogP contribution in [0.2, 0.25) is 5.02 Å². The number of aliphatic hydroxyl groups excluding tert-OH is 1. The first-order valence-corrected chi connectivity index (χ1v) is 6.77. The summed E-state index contributed by atoms with van der Waals surface area (Å²) in [6, 6.07) is 9.52. The molecule has 1 N–H and O–H groups in total. The Morgan fingerprint density at radius 2 is 1.86 bits per heavy atom. The third kappa shape index (κ3) is 3.46. The maximum Gasteiger partial charge on any atom is 0.161 e. The van der Waals surface area contributed by atoms with Gasteiger partial charge in [0.1, 0.15) is 5.82 Å². The summed E-state index contributed by atoms with van der Waals surface area (Å²) in [5.74, 6) is 0.646. The van der Waals surface area contributed by atoms with Gasteiger partial charge in [0.2, 0.25) is 0 Å². The molecule has 0 aromatic heterocycles. The van der Waals surface area contributed by atoms with Gasteiger partial charge in [-0.05, 0) is 29.8 Å². The van der Waals surface area contributed by atoms with Crippen LogP contribution in [0.25, 0.3) is 0 Å². The number of rotatable bonds is 5. The van der Waals surface area contributed by atoms with Crippen LogP contribution < -0.4 is 9.47 Å². The predicted octanol–water partition coefficient (Wildman–Crippen LogP) is 3.77. The van der Waals surface area contributed by atoms with Crippen LogP contribution in [0.1, 0.15) is 17.2 Å². The Morgan fingerprint density at radius 1 is 1.14 bits per heavy atom. The normalized spacial score (nSPS) is 12.0. The van der Waals surface area contributed by atoms with E-state index >= 15 is 0 Å². The highest BCUT2D eigenvalue weighted by Crippen LogP contribution is 2.32. The van der Waals surface area contributed by atoms with E-state index in [0.717, 1.165) is 0 Å². The Bertz CT molecular complexity index is 611. The van der Waals surface area contributed by atoms with E-state index in [2.05, 4.69) is 0 Å². The van der Waals surface area contributed by atoms with Crippen LogP contribution in [0.5, 0.6) is 11.5 Å². The van der Waals surface area contributed by atoms with Crippen LogP contribution in [-0.4, -0.2) is 19.3 Å².